The van der Waals surface area contributed by atoms with Crippen LogP contribution in [0.25, 0.3) is 0 Å². The number of methoxy groups -OCH3 is 1. The second-order valence-corrected chi connectivity index (χ2v) is 4.83. The van der Waals surface area contributed by atoms with Crippen LogP contribution in [-0.4, -0.2) is 35.3 Å². The highest BCUT2D eigenvalue weighted by Gasteiger charge is 2.10. The van der Waals surface area contributed by atoms with Crippen molar-refractivity contribution in [3.05, 3.63) is 41.7 Å². The molecule has 0 unspecified atom stereocenters. The Morgan fingerprint density at radius 2 is 2.13 bits per heavy atom. The third-order valence-corrected chi connectivity index (χ3v) is 3.02. The normalized spacial score (nSPS) is 10.2. The second-order valence-electron chi connectivity index (χ2n) is 4.83. The Hall–Kier alpha value is -3.03. The molecule has 0 aliphatic carbocycles. The summed E-state index contributed by atoms with van der Waals surface area (Å²) in [6.07, 6.45) is 3.13. The Bertz CT molecular complexity index is 711. The Morgan fingerprint density at radius 3 is 2.74 bits per heavy atom. The van der Waals surface area contributed by atoms with Crippen molar-refractivity contribution >= 4 is 11.8 Å². The van der Waals surface area contributed by atoms with Crippen molar-refractivity contribution in [2.45, 2.75) is 6.54 Å². The number of benzene rings is 1. The maximum atomic E-state index is 12.0. The average molecular weight is 318 g/mol. The fourth-order valence-electron chi connectivity index (χ4n) is 1.91. The average Bonchev–Trinajstić information content (AvgIpc) is 2.97. The predicted molar refractivity (Wildman–Crippen MR) is 82.1 cm³/mol. The molecule has 122 valence electrons. The fraction of sp³-hybridized carbons (Fsp3) is 0.267. The first-order valence-electron chi connectivity index (χ1n) is 6.84. The Balaban J connectivity index is 2.00. The van der Waals surface area contributed by atoms with Gasteiger partial charge in [-0.2, -0.15) is 5.10 Å². The molecule has 3 N–H and O–H groups in total. The van der Waals surface area contributed by atoms with Gasteiger partial charge in [0.2, 0.25) is 0 Å². The first-order valence-corrected chi connectivity index (χ1v) is 6.84. The van der Waals surface area contributed by atoms with E-state index in [1.54, 1.807) is 36.1 Å². The lowest BCUT2D eigenvalue weighted by atomic mass is 10.2. The molecule has 0 aliphatic rings. The van der Waals surface area contributed by atoms with Crippen LogP contribution in [0.1, 0.15) is 15.9 Å². The number of carbonyl (C=O) groups excluding carboxylic acids is 2. The summed E-state index contributed by atoms with van der Waals surface area (Å²) in [6, 6.07) is 5.15. The number of primary amides is 1. The number of carbonyl (C=O) groups is 2. The summed E-state index contributed by atoms with van der Waals surface area (Å²) in [5.74, 6) is 0.0824. The number of nitrogens with zero attached hydrogens (tertiary/aromatic N) is 2. The molecule has 0 aliphatic heterocycles. The predicted octanol–water partition coefficient (Wildman–Crippen LogP) is 0.223. The summed E-state index contributed by atoms with van der Waals surface area (Å²) in [7, 11) is 3.23. The Kier molecular flexibility index (Phi) is 5.19. The van der Waals surface area contributed by atoms with Gasteiger partial charge in [-0.05, 0) is 17.7 Å². The van der Waals surface area contributed by atoms with Gasteiger partial charge in [-0.1, -0.05) is 6.07 Å². The second kappa shape index (κ2) is 7.30. The van der Waals surface area contributed by atoms with Crippen LogP contribution >= 0.6 is 0 Å². The first kappa shape index (κ1) is 16.3. The van der Waals surface area contributed by atoms with E-state index < -0.39 is 5.91 Å². The summed E-state index contributed by atoms with van der Waals surface area (Å²) in [5.41, 5.74) is 6.35. The van der Waals surface area contributed by atoms with E-state index in [0.717, 1.165) is 5.56 Å². The van der Waals surface area contributed by atoms with E-state index in [1.165, 1.54) is 13.3 Å². The van der Waals surface area contributed by atoms with Crippen molar-refractivity contribution in [3.8, 4) is 11.5 Å². The van der Waals surface area contributed by atoms with Gasteiger partial charge in [-0.15, -0.1) is 0 Å². The molecule has 1 heterocycles. The molecule has 0 radical (unpaired) electrons. The molecule has 0 saturated carbocycles. The van der Waals surface area contributed by atoms with Gasteiger partial charge in [0.05, 0.1) is 18.9 Å². The quantitative estimate of drug-likeness (QED) is 0.759. The zero-order chi connectivity index (χ0) is 16.8. The number of rotatable bonds is 7. The van der Waals surface area contributed by atoms with E-state index in [4.69, 9.17) is 15.2 Å². The van der Waals surface area contributed by atoms with Gasteiger partial charge in [0.15, 0.2) is 18.1 Å². The molecule has 0 saturated heterocycles. The van der Waals surface area contributed by atoms with Gasteiger partial charge >= 0.3 is 0 Å². The van der Waals surface area contributed by atoms with Crippen molar-refractivity contribution in [3.63, 3.8) is 0 Å². The van der Waals surface area contributed by atoms with Crippen LogP contribution in [0, 0.1) is 0 Å². The third kappa shape index (κ3) is 4.47. The van der Waals surface area contributed by atoms with Crippen LogP contribution < -0.4 is 20.5 Å². The van der Waals surface area contributed by atoms with Crippen LogP contribution in [0.15, 0.2) is 30.6 Å². The van der Waals surface area contributed by atoms with E-state index >= 15 is 0 Å². The molecule has 0 fully saturated rings. The molecule has 0 bridgehead atoms. The monoisotopic (exact) mass is 318 g/mol. The van der Waals surface area contributed by atoms with Gasteiger partial charge in [0, 0.05) is 19.8 Å². The molecule has 8 heteroatoms. The standard InChI is InChI=1S/C15H18N4O4/c1-19-8-11(7-18-19)15(21)17-6-10-3-4-12(13(5-10)22-2)23-9-14(16)20/h3-5,7-8H,6,9H2,1-2H3,(H2,16,20)(H,17,21). The number of hydrogen-bond acceptors (Lipinski definition) is 5. The summed E-state index contributed by atoms with van der Waals surface area (Å²) < 4.78 is 12.0. The smallest absolute Gasteiger partial charge is 0.255 e. The molecule has 1 aromatic carbocycles. The highest BCUT2D eigenvalue weighted by Crippen LogP contribution is 2.28. The lowest BCUT2D eigenvalue weighted by Crippen LogP contribution is -2.22. The number of hydrogen-bond donors (Lipinski definition) is 2. The summed E-state index contributed by atoms with van der Waals surface area (Å²) in [4.78, 5) is 22.7. The zero-order valence-electron chi connectivity index (χ0n) is 12.9. The number of aryl methyl sites for hydroxylation is 1. The van der Waals surface area contributed by atoms with E-state index in [2.05, 4.69) is 10.4 Å². The molecule has 2 amide bonds. The topological polar surface area (TPSA) is 108 Å². The van der Waals surface area contributed by atoms with Gasteiger partial charge in [0.25, 0.3) is 11.8 Å². The van der Waals surface area contributed by atoms with E-state index in [1.807, 2.05) is 0 Å². The van der Waals surface area contributed by atoms with Crippen LogP contribution in [0.2, 0.25) is 0 Å². The van der Waals surface area contributed by atoms with Crippen LogP contribution in [0.4, 0.5) is 0 Å². The van der Waals surface area contributed by atoms with Crippen molar-refractivity contribution < 1.29 is 19.1 Å². The van der Waals surface area contributed by atoms with Gasteiger partial charge < -0.3 is 20.5 Å². The maximum absolute atomic E-state index is 12.0. The van der Waals surface area contributed by atoms with Crippen molar-refractivity contribution in [2.75, 3.05) is 13.7 Å². The first-order chi connectivity index (χ1) is 11.0. The third-order valence-electron chi connectivity index (χ3n) is 3.02. The van der Waals surface area contributed by atoms with Crippen molar-refractivity contribution in [1.29, 1.82) is 0 Å². The number of nitrogens with two attached hydrogens (primary N) is 1. The molecule has 23 heavy (non-hydrogen) atoms. The molecule has 0 atom stereocenters. The van der Waals surface area contributed by atoms with Crippen LogP contribution in [-0.2, 0) is 18.4 Å². The molecule has 2 aromatic rings. The molecule has 2 rings (SSSR count). The molecule has 1 aromatic heterocycles. The fourth-order valence-corrected chi connectivity index (χ4v) is 1.91. The minimum atomic E-state index is -0.570. The van der Waals surface area contributed by atoms with Crippen LogP contribution in [0.5, 0.6) is 11.5 Å². The van der Waals surface area contributed by atoms with Gasteiger partial charge in [-0.25, -0.2) is 0 Å². The SMILES string of the molecule is COc1cc(CNC(=O)c2cnn(C)c2)ccc1OCC(N)=O. The number of amides is 2. The molecular weight excluding hydrogens is 300 g/mol. The highest BCUT2D eigenvalue weighted by atomic mass is 16.5. The van der Waals surface area contributed by atoms with E-state index in [0.29, 0.717) is 23.6 Å². The van der Waals surface area contributed by atoms with Crippen molar-refractivity contribution in [2.24, 2.45) is 12.8 Å². The van der Waals surface area contributed by atoms with Gasteiger partial charge in [0.1, 0.15) is 0 Å². The van der Waals surface area contributed by atoms with Crippen molar-refractivity contribution in [1.82, 2.24) is 15.1 Å². The Morgan fingerprint density at radius 1 is 1.35 bits per heavy atom. The molecule has 8 nitrogen and oxygen atoms in total. The lowest BCUT2D eigenvalue weighted by Gasteiger charge is -2.11. The number of nitrogens with one attached hydrogen (secondary N) is 1. The molecular formula is C15H18N4O4. The van der Waals surface area contributed by atoms with E-state index in [-0.39, 0.29) is 12.5 Å². The summed E-state index contributed by atoms with van der Waals surface area (Å²) >= 11 is 0. The highest BCUT2D eigenvalue weighted by molar-refractivity contribution is 5.93. The number of ether oxygens (including phenoxy) is 2. The lowest BCUT2D eigenvalue weighted by molar-refractivity contribution is -0.119. The largest absolute Gasteiger partial charge is 0.493 e. The summed E-state index contributed by atoms with van der Waals surface area (Å²) in [5, 5.41) is 6.73. The van der Waals surface area contributed by atoms with Crippen LogP contribution in [0.3, 0.4) is 0 Å². The number of aromatic nitrogens is 2. The minimum Gasteiger partial charge on any atom is -0.493 e. The minimum absolute atomic E-state index is 0.217. The Labute approximate surface area is 133 Å². The molecule has 0 spiro atoms. The summed E-state index contributed by atoms with van der Waals surface area (Å²) in [6.45, 7) is 0.0909. The van der Waals surface area contributed by atoms with Gasteiger partial charge in [-0.3, -0.25) is 14.3 Å². The maximum Gasteiger partial charge on any atom is 0.255 e. The van der Waals surface area contributed by atoms with E-state index in [9.17, 15) is 9.59 Å². The zero-order valence-corrected chi connectivity index (χ0v) is 12.9.